The Balaban J connectivity index is 1.12. The highest BCUT2D eigenvalue weighted by molar-refractivity contribution is 5.88. The zero-order chi connectivity index (χ0) is 50.7. The van der Waals surface area contributed by atoms with E-state index in [4.69, 9.17) is 15.0 Å². The lowest BCUT2D eigenvalue weighted by Gasteiger charge is -2.32. The fraction of sp³-hybridized carbons (Fsp3) is 0.0870. The van der Waals surface area contributed by atoms with Crippen molar-refractivity contribution < 1.29 is 0 Å². The molecule has 5 nitrogen and oxygen atoms in total. The molecule has 0 spiro atoms. The molecule has 0 atom stereocenters. The van der Waals surface area contributed by atoms with Crippen molar-refractivity contribution in [2.45, 2.75) is 41.5 Å². The van der Waals surface area contributed by atoms with E-state index in [0.29, 0.717) is 17.6 Å². The van der Waals surface area contributed by atoms with Crippen LogP contribution in [0, 0.1) is 41.5 Å². The van der Waals surface area contributed by atoms with Crippen LogP contribution in [0.15, 0.2) is 237 Å². The van der Waals surface area contributed by atoms with Gasteiger partial charge in [0.05, 0.1) is 17.1 Å². The zero-order valence-corrected chi connectivity index (χ0v) is 42.8. The van der Waals surface area contributed by atoms with Crippen molar-refractivity contribution in [1.29, 1.82) is 0 Å². The summed E-state index contributed by atoms with van der Waals surface area (Å²) in [6.45, 7) is 13.2. The highest BCUT2D eigenvalue weighted by Gasteiger charge is 2.25. The molecular weight excluding hydrogens is 899 g/mol. The van der Waals surface area contributed by atoms with Crippen LogP contribution in [0.4, 0.5) is 34.4 Å². The standard InChI is InChI=1S/C69H57N5/c1-46-39-48(3)65(49(4)40-46)74(66-50(5)41-47(2)42-51(66)6)61-37-35-60(36-38-61)73(62-44-58(52-21-11-7-12-22-52)43-59(45-62)53-23-13-8-14-24-53)69-71-67(56-27-17-10-18-28-56)70-68(72-69)57-33-31-55(32-34-57)64-30-20-19-29-63(64)54-25-15-9-16-26-54/h7-45H,1-6H3. The summed E-state index contributed by atoms with van der Waals surface area (Å²) in [5, 5.41) is 0. The molecule has 11 aromatic rings. The van der Waals surface area contributed by atoms with Crippen LogP contribution < -0.4 is 9.80 Å². The summed E-state index contributed by atoms with van der Waals surface area (Å²) in [6.07, 6.45) is 0. The first kappa shape index (κ1) is 47.2. The summed E-state index contributed by atoms with van der Waals surface area (Å²) in [4.78, 5) is 20.7. The van der Waals surface area contributed by atoms with E-state index in [0.717, 1.165) is 61.6 Å². The molecule has 0 aliphatic carbocycles. The van der Waals surface area contributed by atoms with E-state index in [1.54, 1.807) is 0 Å². The van der Waals surface area contributed by atoms with E-state index in [-0.39, 0.29) is 0 Å². The Labute approximate surface area is 435 Å². The lowest BCUT2D eigenvalue weighted by atomic mass is 9.94. The molecule has 0 saturated carbocycles. The molecular formula is C69H57N5. The smallest absolute Gasteiger partial charge is 0.238 e. The summed E-state index contributed by atoms with van der Waals surface area (Å²) in [6, 6.07) is 84.0. The molecule has 10 aromatic carbocycles. The van der Waals surface area contributed by atoms with Crippen LogP contribution >= 0.6 is 0 Å². The van der Waals surface area contributed by atoms with E-state index in [1.807, 2.05) is 18.2 Å². The minimum atomic E-state index is 0.497. The minimum absolute atomic E-state index is 0.497. The summed E-state index contributed by atoms with van der Waals surface area (Å²) in [7, 11) is 0. The normalized spacial score (nSPS) is 11.1. The third kappa shape index (κ3) is 9.64. The molecule has 358 valence electrons. The van der Waals surface area contributed by atoms with E-state index in [2.05, 4.69) is 270 Å². The van der Waals surface area contributed by atoms with Crippen LogP contribution in [0.3, 0.4) is 0 Å². The number of hydrogen-bond donors (Lipinski definition) is 0. The quantitative estimate of drug-likeness (QED) is 0.122. The number of anilines is 6. The Kier molecular flexibility index (Phi) is 13.1. The summed E-state index contributed by atoms with van der Waals surface area (Å²) in [5.41, 5.74) is 23.4. The number of nitrogens with zero attached hydrogens (tertiary/aromatic N) is 5. The van der Waals surface area contributed by atoms with E-state index in [1.165, 1.54) is 55.9 Å². The molecule has 1 aromatic heterocycles. The maximum absolute atomic E-state index is 5.46. The summed E-state index contributed by atoms with van der Waals surface area (Å²) >= 11 is 0. The second kappa shape index (κ2) is 20.5. The molecule has 5 heteroatoms. The number of benzene rings is 10. The van der Waals surface area contributed by atoms with Gasteiger partial charge in [0.15, 0.2) is 11.6 Å². The number of aryl methyl sites for hydroxylation is 6. The van der Waals surface area contributed by atoms with Gasteiger partial charge in [0.1, 0.15) is 0 Å². The average molecular weight is 956 g/mol. The van der Waals surface area contributed by atoms with Crippen molar-refractivity contribution >= 4 is 34.4 Å². The molecule has 1 heterocycles. The molecule has 0 radical (unpaired) electrons. The second-order valence-corrected chi connectivity index (χ2v) is 19.3. The first-order valence-corrected chi connectivity index (χ1v) is 25.3. The van der Waals surface area contributed by atoms with Gasteiger partial charge in [-0.2, -0.15) is 9.97 Å². The predicted octanol–water partition coefficient (Wildman–Crippen LogP) is 18.7. The Morgan fingerprint density at radius 3 is 1.03 bits per heavy atom. The van der Waals surface area contributed by atoms with Crippen molar-refractivity contribution in [2.24, 2.45) is 0 Å². The third-order valence-corrected chi connectivity index (χ3v) is 13.8. The number of aromatic nitrogens is 3. The molecule has 11 rings (SSSR count). The van der Waals surface area contributed by atoms with Gasteiger partial charge >= 0.3 is 0 Å². The van der Waals surface area contributed by atoms with Crippen LogP contribution in [0.2, 0.25) is 0 Å². The highest BCUT2D eigenvalue weighted by Crippen LogP contribution is 2.45. The van der Waals surface area contributed by atoms with Gasteiger partial charge in [0, 0.05) is 22.5 Å². The van der Waals surface area contributed by atoms with E-state index in [9.17, 15) is 0 Å². The predicted molar refractivity (Wildman–Crippen MR) is 310 cm³/mol. The topological polar surface area (TPSA) is 45.2 Å². The van der Waals surface area contributed by atoms with Gasteiger partial charge in [0.25, 0.3) is 0 Å². The monoisotopic (exact) mass is 955 g/mol. The third-order valence-electron chi connectivity index (χ3n) is 13.8. The Hall–Kier alpha value is -9.19. The number of rotatable bonds is 12. The maximum atomic E-state index is 5.46. The lowest BCUT2D eigenvalue weighted by Crippen LogP contribution is -2.17. The van der Waals surface area contributed by atoms with E-state index >= 15 is 0 Å². The molecule has 0 saturated heterocycles. The lowest BCUT2D eigenvalue weighted by molar-refractivity contribution is 1.02. The van der Waals surface area contributed by atoms with Crippen molar-refractivity contribution in [1.82, 2.24) is 15.0 Å². The van der Waals surface area contributed by atoms with Crippen LogP contribution in [-0.4, -0.2) is 15.0 Å². The second-order valence-electron chi connectivity index (χ2n) is 19.3. The van der Waals surface area contributed by atoms with Gasteiger partial charge in [-0.05, 0) is 151 Å². The fourth-order valence-corrected chi connectivity index (χ4v) is 10.6. The maximum Gasteiger partial charge on any atom is 0.238 e. The van der Waals surface area contributed by atoms with Crippen LogP contribution in [0.25, 0.3) is 67.3 Å². The zero-order valence-electron chi connectivity index (χ0n) is 42.8. The van der Waals surface area contributed by atoms with Gasteiger partial charge in [-0.3, -0.25) is 4.90 Å². The Morgan fingerprint density at radius 2 is 0.595 bits per heavy atom. The largest absolute Gasteiger partial charge is 0.309 e. The van der Waals surface area contributed by atoms with Crippen LogP contribution in [-0.2, 0) is 0 Å². The summed E-state index contributed by atoms with van der Waals surface area (Å²) < 4.78 is 0. The minimum Gasteiger partial charge on any atom is -0.309 e. The molecule has 0 amide bonds. The molecule has 0 aliphatic rings. The van der Waals surface area contributed by atoms with Crippen molar-refractivity contribution in [3.05, 3.63) is 270 Å². The van der Waals surface area contributed by atoms with Crippen molar-refractivity contribution in [2.75, 3.05) is 9.80 Å². The molecule has 0 N–H and O–H groups in total. The Bertz CT molecular complexity index is 3600. The van der Waals surface area contributed by atoms with Gasteiger partial charge in [0.2, 0.25) is 5.95 Å². The summed E-state index contributed by atoms with van der Waals surface area (Å²) in [5.74, 6) is 1.65. The van der Waals surface area contributed by atoms with Crippen molar-refractivity contribution in [3.63, 3.8) is 0 Å². The van der Waals surface area contributed by atoms with Gasteiger partial charge in [-0.15, -0.1) is 0 Å². The molecule has 74 heavy (non-hydrogen) atoms. The molecule has 0 fully saturated rings. The Morgan fingerprint density at radius 1 is 0.257 bits per heavy atom. The number of hydrogen-bond acceptors (Lipinski definition) is 5. The molecule has 0 unspecified atom stereocenters. The van der Waals surface area contributed by atoms with Crippen molar-refractivity contribution in [3.8, 4) is 67.3 Å². The highest BCUT2D eigenvalue weighted by atomic mass is 15.3. The van der Waals surface area contributed by atoms with Gasteiger partial charge < -0.3 is 4.90 Å². The molecule has 0 bridgehead atoms. The van der Waals surface area contributed by atoms with Gasteiger partial charge in [-0.25, -0.2) is 4.98 Å². The van der Waals surface area contributed by atoms with E-state index < -0.39 is 0 Å². The first-order chi connectivity index (χ1) is 36.1. The average Bonchev–Trinajstić information content (AvgIpc) is 3.43. The fourth-order valence-electron chi connectivity index (χ4n) is 10.6. The van der Waals surface area contributed by atoms with Gasteiger partial charge in [-0.1, -0.05) is 205 Å². The first-order valence-electron chi connectivity index (χ1n) is 25.3. The van der Waals surface area contributed by atoms with Crippen LogP contribution in [0.1, 0.15) is 33.4 Å². The molecule has 0 aliphatic heterocycles. The van der Waals surface area contributed by atoms with Crippen LogP contribution in [0.5, 0.6) is 0 Å². The SMILES string of the molecule is Cc1cc(C)c(N(c2ccc(N(c3cc(-c4ccccc4)cc(-c4ccccc4)c3)c3nc(-c4ccccc4)nc(-c4ccc(-c5ccccc5-c5ccccc5)cc4)n3)cc2)c2c(C)cc(C)cc2C)c(C)c1.